The number of anilines is 1. The first-order valence-corrected chi connectivity index (χ1v) is 5.58. The van der Waals surface area contributed by atoms with Crippen molar-refractivity contribution >= 4 is 5.82 Å². The highest BCUT2D eigenvalue weighted by Gasteiger charge is 2.24. The van der Waals surface area contributed by atoms with Gasteiger partial charge in [-0.3, -0.25) is 4.68 Å². The maximum atomic E-state index is 5.49. The predicted molar refractivity (Wildman–Crippen MR) is 59.9 cm³/mol. The molecule has 1 aliphatic carbocycles. The molecule has 4 heteroatoms. The van der Waals surface area contributed by atoms with Gasteiger partial charge in [-0.1, -0.05) is 12.8 Å². The van der Waals surface area contributed by atoms with Crippen molar-refractivity contribution in [3.8, 4) is 0 Å². The Bertz CT molecular complexity index is 311. The van der Waals surface area contributed by atoms with Gasteiger partial charge in [0.25, 0.3) is 0 Å². The maximum absolute atomic E-state index is 5.49. The Balaban J connectivity index is 1.97. The molecule has 2 atom stereocenters. The average Bonchev–Trinajstić information content (AvgIpc) is 2.65. The second-order valence-corrected chi connectivity index (χ2v) is 4.18. The quantitative estimate of drug-likeness (QED) is 0.825. The van der Waals surface area contributed by atoms with E-state index in [0.717, 1.165) is 12.2 Å². The summed E-state index contributed by atoms with van der Waals surface area (Å²) in [7, 11) is 3.73. The second-order valence-electron chi connectivity index (χ2n) is 4.18. The lowest BCUT2D eigenvalue weighted by Gasteiger charge is -2.30. The van der Waals surface area contributed by atoms with Crippen molar-refractivity contribution in [2.75, 3.05) is 12.4 Å². The molecule has 0 radical (unpaired) electrons. The summed E-state index contributed by atoms with van der Waals surface area (Å²) in [6, 6.07) is 2.42. The van der Waals surface area contributed by atoms with Gasteiger partial charge in [0.15, 0.2) is 0 Å². The predicted octanol–water partition coefficient (Wildman–Crippen LogP) is 1.79. The molecule has 0 aromatic carbocycles. The number of hydrogen-bond donors (Lipinski definition) is 1. The van der Waals surface area contributed by atoms with Gasteiger partial charge in [0.05, 0.1) is 12.1 Å². The number of nitrogens with zero attached hydrogens (tertiary/aromatic N) is 2. The molecule has 1 aromatic rings. The fourth-order valence-corrected chi connectivity index (χ4v) is 2.23. The van der Waals surface area contributed by atoms with E-state index in [2.05, 4.69) is 10.4 Å². The van der Waals surface area contributed by atoms with E-state index in [0.29, 0.717) is 12.1 Å². The summed E-state index contributed by atoms with van der Waals surface area (Å²) >= 11 is 0. The zero-order valence-corrected chi connectivity index (χ0v) is 9.44. The van der Waals surface area contributed by atoms with Crippen molar-refractivity contribution in [2.45, 2.75) is 37.8 Å². The van der Waals surface area contributed by atoms with Gasteiger partial charge >= 0.3 is 0 Å². The molecular formula is C11H19N3O. The molecule has 0 bridgehead atoms. The summed E-state index contributed by atoms with van der Waals surface area (Å²) < 4.78 is 7.30. The molecule has 0 saturated heterocycles. The van der Waals surface area contributed by atoms with Gasteiger partial charge in [-0.05, 0) is 12.8 Å². The Morgan fingerprint density at radius 2 is 2.27 bits per heavy atom. The van der Waals surface area contributed by atoms with Crippen LogP contribution in [0.5, 0.6) is 0 Å². The first-order chi connectivity index (χ1) is 7.29. The van der Waals surface area contributed by atoms with Gasteiger partial charge in [-0.15, -0.1) is 0 Å². The van der Waals surface area contributed by atoms with Crippen LogP contribution in [0.15, 0.2) is 12.3 Å². The van der Waals surface area contributed by atoms with E-state index in [-0.39, 0.29) is 0 Å². The fraction of sp³-hybridized carbons (Fsp3) is 0.727. The summed E-state index contributed by atoms with van der Waals surface area (Å²) in [5.41, 5.74) is 0. The number of nitrogens with one attached hydrogen (secondary N) is 1. The van der Waals surface area contributed by atoms with Crippen LogP contribution in [-0.2, 0) is 11.8 Å². The van der Waals surface area contributed by atoms with Crippen LogP contribution in [0.1, 0.15) is 25.7 Å². The van der Waals surface area contributed by atoms with Crippen LogP contribution >= 0.6 is 0 Å². The van der Waals surface area contributed by atoms with Crippen molar-refractivity contribution in [2.24, 2.45) is 7.05 Å². The molecule has 0 aliphatic heterocycles. The Labute approximate surface area is 90.6 Å². The van der Waals surface area contributed by atoms with Gasteiger partial charge in [-0.2, -0.15) is 5.10 Å². The molecule has 15 heavy (non-hydrogen) atoms. The summed E-state index contributed by atoms with van der Waals surface area (Å²) in [6.07, 6.45) is 7.17. The highest BCUT2D eigenvalue weighted by molar-refractivity contribution is 5.34. The van der Waals surface area contributed by atoms with Crippen molar-refractivity contribution < 1.29 is 4.74 Å². The molecule has 0 spiro atoms. The smallest absolute Gasteiger partial charge is 0.148 e. The molecule has 84 valence electrons. The number of ether oxygens (including phenoxy) is 1. The first kappa shape index (κ1) is 10.5. The molecule has 1 N–H and O–H groups in total. The zero-order valence-electron chi connectivity index (χ0n) is 9.44. The third kappa shape index (κ3) is 2.50. The van der Waals surface area contributed by atoms with Gasteiger partial charge in [-0.25, -0.2) is 0 Å². The van der Waals surface area contributed by atoms with Crippen LogP contribution in [0.25, 0.3) is 0 Å². The molecule has 1 heterocycles. The maximum Gasteiger partial charge on any atom is 0.148 e. The topological polar surface area (TPSA) is 39.1 Å². The monoisotopic (exact) mass is 209 g/mol. The number of methoxy groups -OCH3 is 1. The normalized spacial score (nSPS) is 26.5. The van der Waals surface area contributed by atoms with E-state index in [1.807, 2.05) is 24.0 Å². The fourth-order valence-electron chi connectivity index (χ4n) is 2.23. The van der Waals surface area contributed by atoms with E-state index < -0.39 is 0 Å². The van der Waals surface area contributed by atoms with E-state index in [4.69, 9.17) is 4.74 Å². The van der Waals surface area contributed by atoms with Gasteiger partial charge in [0.2, 0.25) is 0 Å². The summed E-state index contributed by atoms with van der Waals surface area (Å²) in [6.45, 7) is 0. The van der Waals surface area contributed by atoms with Crippen molar-refractivity contribution in [1.82, 2.24) is 9.78 Å². The molecule has 2 rings (SSSR count). The van der Waals surface area contributed by atoms with Gasteiger partial charge in [0, 0.05) is 26.4 Å². The summed E-state index contributed by atoms with van der Waals surface area (Å²) in [5.74, 6) is 0.950. The van der Waals surface area contributed by atoms with E-state index >= 15 is 0 Å². The molecule has 4 nitrogen and oxygen atoms in total. The van der Waals surface area contributed by atoms with Crippen molar-refractivity contribution in [1.29, 1.82) is 0 Å². The minimum Gasteiger partial charge on any atom is -0.379 e. The Kier molecular flexibility index (Phi) is 3.26. The molecule has 1 fully saturated rings. The number of hydrogen-bond acceptors (Lipinski definition) is 3. The van der Waals surface area contributed by atoms with Crippen molar-refractivity contribution in [3.63, 3.8) is 0 Å². The van der Waals surface area contributed by atoms with Gasteiger partial charge in [0.1, 0.15) is 5.82 Å². The van der Waals surface area contributed by atoms with Crippen LogP contribution in [0.4, 0.5) is 5.82 Å². The largest absolute Gasteiger partial charge is 0.379 e. The van der Waals surface area contributed by atoms with Gasteiger partial charge < -0.3 is 10.1 Å². The van der Waals surface area contributed by atoms with Crippen LogP contribution < -0.4 is 5.32 Å². The molecule has 1 aliphatic rings. The Hall–Kier alpha value is -1.03. The third-order valence-corrected chi connectivity index (χ3v) is 3.05. The second kappa shape index (κ2) is 4.66. The highest BCUT2D eigenvalue weighted by atomic mass is 16.5. The average molecular weight is 209 g/mol. The van der Waals surface area contributed by atoms with E-state index in [1.54, 1.807) is 7.11 Å². The van der Waals surface area contributed by atoms with Crippen LogP contribution in [0.2, 0.25) is 0 Å². The van der Waals surface area contributed by atoms with E-state index in [9.17, 15) is 0 Å². The highest BCUT2D eigenvalue weighted by Crippen LogP contribution is 2.23. The summed E-state index contributed by atoms with van der Waals surface area (Å²) in [4.78, 5) is 0. The zero-order chi connectivity index (χ0) is 10.7. The first-order valence-electron chi connectivity index (χ1n) is 5.58. The third-order valence-electron chi connectivity index (χ3n) is 3.05. The minimum atomic E-state index is 0.334. The van der Waals surface area contributed by atoms with Crippen LogP contribution in [0, 0.1) is 0 Å². The molecule has 1 aromatic heterocycles. The SMILES string of the molecule is COC1CCCCC1Nc1ccn(C)n1. The number of aryl methyl sites for hydroxylation is 1. The lowest BCUT2D eigenvalue weighted by Crippen LogP contribution is -2.37. The summed E-state index contributed by atoms with van der Waals surface area (Å²) in [5, 5.41) is 7.77. The Morgan fingerprint density at radius 1 is 1.47 bits per heavy atom. The Morgan fingerprint density at radius 3 is 2.93 bits per heavy atom. The lowest BCUT2D eigenvalue weighted by atomic mass is 9.92. The number of rotatable bonds is 3. The molecule has 1 saturated carbocycles. The molecular weight excluding hydrogens is 190 g/mol. The van der Waals surface area contributed by atoms with Crippen LogP contribution in [0.3, 0.4) is 0 Å². The van der Waals surface area contributed by atoms with Crippen LogP contribution in [-0.4, -0.2) is 29.0 Å². The van der Waals surface area contributed by atoms with E-state index in [1.165, 1.54) is 19.3 Å². The lowest BCUT2D eigenvalue weighted by molar-refractivity contribution is 0.0605. The molecule has 2 unspecified atom stereocenters. The number of aromatic nitrogens is 2. The minimum absolute atomic E-state index is 0.334. The molecule has 0 amide bonds. The standard InChI is InChI=1S/C11H19N3O/c1-14-8-7-11(13-14)12-9-5-3-4-6-10(9)15-2/h7-10H,3-6H2,1-2H3,(H,12,13). The van der Waals surface area contributed by atoms with Crippen molar-refractivity contribution in [3.05, 3.63) is 12.3 Å².